The van der Waals surface area contributed by atoms with E-state index in [0.717, 1.165) is 5.57 Å². The molecule has 0 spiro atoms. The van der Waals surface area contributed by atoms with Crippen molar-refractivity contribution in [3.05, 3.63) is 47.5 Å². The van der Waals surface area contributed by atoms with Crippen molar-refractivity contribution in [2.24, 2.45) is 0 Å². The molecule has 1 rings (SSSR count). The topological polar surface area (TPSA) is 0 Å². The van der Waals surface area contributed by atoms with Crippen molar-refractivity contribution in [1.82, 2.24) is 0 Å². The molecule has 0 heterocycles. The Morgan fingerprint density at radius 1 is 1.38 bits per heavy atom. The Kier molecular flexibility index (Phi) is 3.07. The van der Waals surface area contributed by atoms with E-state index in [-0.39, 0.29) is 0 Å². The first-order valence-corrected chi connectivity index (χ1v) is 4.55. The van der Waals surface area contributed by atoms with Gasteiger partial charge in [-0.2, -0.15) is 0 Å². The molecule has 0 N–H and O–H groups in total. The van der Waals surface area contributed by atoms with Crippen LogP contribution < -0.4 is 0 Å². The molecule has 13 heavy (non-hydrogen) atoms. The van der Waals surface area contributed by atoms with Gasteiger partial charge in [-0.15, -0.1) is 0 Å². The molecule has 0 saturated carbocycles. The zero-order valence-corrected chi connectivity index (χ0v) is 8.59. The minimum Gasteiger partial charge on any atom is -0.0955 e. The highest BCUT2D eigenvalue weighted by molar-refractivity contribution is 5.73. The third-order valence-electron chi connectivity index (χ3n) is 2.12. The zero-order valence-electron chi connectivity index (χ0n) is 8.59. The molecular weight excluding hydrogens is 156 g/mol. The summed E-state index contributed by atoms with van der Waals surface area (Å²) in [6.45, 7) is 10.2. The van der Waals surface area contributed by atoms with Crippen LogP contribution in [-0.2, 0) is 0 Å². The van der Waals surface area contributed by atoms with Crippen LogP contribution in [-0.4, -0.2) is 0 Å². The van der Waals surface area contributed by atoms with E-state index >= 15 is 0 Å². The largest absolute Gasteiger partial charge is 0.0955 e. The van der Waals surface area contributed by atoms with Gasteiger partial charge >= 0.3 is 0 Å². The van der Waals surface area contributed by atoms with Crippen LogP contribution in [0.3, 0.4) is 0 Å². The lowest BCUT2D eigenvalue weighted by Gasteiger charge is -2.08. The summed E-state index contributed by atoms with van der Waals surface area (Å²) in [5.41, 5.74) is 4.96. The molecule has 0 nitrogen and oxygen atoms in total. The molecule has 0 aliphatic heterocycles. The monoisotopic (exact) mass is 172 g/mol. The molecule has 0 fully saturated rings. The van der Waals surface area contributed by atoms with E-state index < -0.39 is 0 Å². The number of allylic oxidation sites excluding steroid dienone is 2. The minimum atomic E-state index is 1.12. The third kappa shape index (κ3) is 2.09. The standard InChI is InChI=1S/C13H16/c1-5-7-13-11(4)8-6-9-12(13)10(2)3/h5-9H,2H2,1,3-4H3/b7-5-. The highest BCUT2D eigenvalue weighted by Crippen LogP contribution is 2.21. The molecule has 0 aliphatic rings. The highest BCUT2D eigenvalue weighted by atomic mass is 14.1. The van der Waals surface area contributed by atoms with Crippen molar-refractivity contribution in [2.75, 3.05) is 0 Å². The Morgan fingerprint density at radius 2 is 2.08 bits per heavy atom. The minimum absolute atomic E-state index is 1.12. The average Bonchev–Trinajstić information content (AvgIpc) is 2.08. The lowest BCUT2D eigenvalue weighted by atomic mass is 9.97. The second-order valence-corrected chi connectivity index (χ2v) is 3.32. The summed E-state index contributed by atoms with van der Waals surface area (Å²) in [5.74, 6) is 0. The Labute approximate surface area is 80.6 Å². The summed E-state index contributed by atoms with van der Waals surface area (Å²) in [6.07, 6.45) is 4.20. The Bertz CT molecular complexity index is 343. The smallest absolute Gasteiger partial charge is 0.0156 e. The maximum atomic E-state index is 3.98. The summed E-state index contributed by atoms with van der Waals surface area (Å²) < 4.78 is 0. The van der Waals surface area contributed by atoms with E-state index in [2.05, 4.69) is 43.9 Å². The summed E-state index contributed by atoms with van der Waals surface area (Å²) in [4.78, 5) is 0. The fourth-order valence-corrected chi connectivity index (χ4v) is 1.44. The summed E-state index contributed by atoms with van der Waals surface area (Å²) in [7, 11) is 0. The molecule has 0 bridgehead atoms. The zero-order chi connectivity index (χ0) is 9.84. The Hall–Kier alpha value is -1.30. The Balaban J connectivity index is 3.33. The Morgan fingerprint density at radius 3 is 2.62 bits per heavy atom. The second-order valence-electron chi connectivity index (χ2n) is 3.32. The highest BCUT2D eigenvalue weighted by Gasteiger charge is 2.01. The van der Waals surface area contributed by atoms with Crippen LogP contribution in [0.25, 0.3) is 11.6 Å². The van der Waals surface area contributed by atoms with Crippen molar-refractivity contribution < 1.29 is 0 Å². The van der Waals surface area contributed by atoms with Crippen LogP contribution in [0.15, 0.2) is 30.9 Å². The summed E-state index contributed by atoms with van der Waals surface area (Å²) in [6, 6.07) is 6.32. The molecule has 0 heteroatoms. The van der Waals surface area contributed by atoms with Crippen molar-refractivity contribution in [3.63, 3.8) is 0 Å². The van der Waals surface area contributed by atoms with Crippen molar-refractivity contribution in [2.45, 2.75) is 20.8 Å². The lowest BCUT2D eigenvalue weighted by molar-refractivity contribution is 1.41. The quantitative estimate of drug-likeness (QED) is 0.631. The average molecular weight is 172 g/mol. The van der Waals surface area contributed by atoms with Gasteiger partial charge in [0.2, 0.25) is 0 Å². The van der Waals surface area contributed by atoms with Crippen LogP contribution in [0, 0.1) is 6.92 Å². The van der Waals surface area contributed by atoms with E-state index in [1.165, 1.54) is 16.7 Å². The molecule has 0 aliphatic carbocycles. The summed E-state index contributed by atoms with van der Waals surface area (Å²) >= 11 is 0. The van der Waals surface area contributed by atoms with Crippen LogP contribution in [0.4, 0.5) is 0 Å². The van der Waals surface area contributed by atoms with Crippen LogP contribution in [0.5, 0.6) is 0 Å². The van der Waals surface area contributed by atoms with Crippen molar-refractivity contribution in [3.8, 4) is 0 Å². The van der Waals surface area contributed by atoms with Gasteiger partial charge in [-0.1, -0.05) is 42.5 Å². The number of hydrogen-bond acceptors (Lipinski definition) is 0. The van der Waals surface area contributed by atoms with Gasteiger partial charge in [0.25, 0.3) is 0 Å². The van der Waals surface area contributed by atoms with Gasteiger partial charge in [-0.3, -0.25) is 0 Å². The predicted molar refractivity (Wildman–Crippen MR) is 60.6 cm³/mol. The SMILES string of the molecule is C=C(C)c1cccc(C)c1/C=C\C. The first kappa shape index (κ1) is 9.79. The fourth-order valence-electron chi connectivity index (χ4n) is 1.44. The normalized spacial score (nSPS) is 10.7. The third-order valence-corrected chi connectivity index (χ3v) is 2.12. The first-order chi connectivity index (χ1) is 6.16. The second kappa shape index (κ2) is 4.08. The van der Waals surface area contributed by atoms with Gasteiger partial charge in [0.05, 0.1) is 0 Å². The fraction of sp³-hybridized carbons (Fsp3) is 0.231. The number of benzene rings is 1. The van der Waals surface area contributed by atoms with E-state index in [1.807, 2.05) is 13.8 Å². The number of hydrogen-bond donors (Lipinski definition) is 0. The van der Waals surface area contributed by atoms with Crippen LogP contribution >= 0.6 is 0 Å². The van der Waals surface area contributed by atoms with Gasteiger partial charge in [0.15, 0.2) is 0 Å². The van der Waals surface area contributed by atoms with Gasteiger partial charge in [-0.05, 0) is 37.5 Å². The van der Waals surface area contributed by atoms with Gasteiger partial charge in [0.1, 0.15) is 0 Å². The van der Waals surface area contributed by atoms with Gasteiger partial charge in [-0.25, -0.2) is 0 Å². The van der Waals surface area contributed by atoms with E-state index in [1.54, 1.807) is 0 Å². The molecule has 0 unspecified atom stereocenters. The molecular formula is C13H16. The number of rotatable bonds is 2. The molecule has 1 aromatic rings. The first-order valence-electron chi connectivity index (χ1n) is 4.55. The lowest BCUT2D eigenvalue weighted by Crippen LogP contribution is -1.88. The van der Waals surface area contributed by atoms with Crippen LogP contribution in [0.1, 0.15) is 30.5 Å². The maximum absolute atomic E-state index is 3.98. The number of aryl methyl sites for hydroxylation is 1. The molecule has 0 radical (unpaired) electrons. The molecule has 1 aromatic carbocycles. The predicted octanol–water partition coefficient (Wildman–Crippen LogP) is 4.06. The molecule has 0 atom stereocenters. The van der Waals surface area contributed by atoms with Crippen LogP contribution in [0.2, 0.25) is 0 Å². The maximum Gasteiger partial charge on any atom is -0.0156 e. The van der Waals surface area contributed by atoms with Gasteiger partial charge in [0, 0.05) is 0 Å². The van der Waals surface area contributed by atoms with Crippen molar-refractivity contribution >= 4 is 11.6 Å². The molecule has 0 aromatic heterocycles. The van der Waals surface area contributed by atoms with E-state index in [0.29, 0.717) is 0 Å². The molecule has 0 saturated heterocycles. The van der Waals surface area contributed by atoms with E-state index in [9.17, 15) is 0 Å². The molecule has 0 amide bonds. The van der Waals surface area contributed by atoms with Gasteiger partial charge < -0.3 is 0 Å². The van der Waals surface area contributed by atoms with Crippen molar-refractivity contribution in [1.29, 1.82) is 0 Å². The molecule has 68 valence electrons. The van der Waals surface area contributed by atoms with E-state index in [4.69, 9.17) is 0 Å². The summed E-state index contributed by atoms with van der Waals surface area (Å²) in [5, 5.41) is 0.